The smallest absolute Gasteiger partial charge is 0.368 e. The Balaban J connectivity index is 2.02. The van der Waals surface area contributed by atoms with Crippen molar-refractivity contribution in [1.82, 2.24) is 9.55 Å². The predicted octanol–water partition coefficient (Wildman–Crippen LogP) is 3.00. The second kappa shape index (κ2) is 11.8. The molecule has 0 amide bonds. The van der Waals surface area contributed by atoms with Crippen molar-refractivity contribution < 1.29 is 27.4 Å². The number of hydrogen-bond donors (Lipinski definition) is 1. The summed E-state index contributed by atoms with van der Waals surface area (Å²) in [6, 6.07) is 0. The SMILES string of the molecule is C#CCO[C@H]1C[C@H](n2cc(C(F)(F)F)c(=O)[nH]c2=O)O[C@@H]1COCSCCCC(C)C. The van der Waals surface area contributed by atoms with Crippen LogP contribution < -0.4 is 11.2 Å². The van der Waals surface area contributed by atoms with Crippen molar-refractivity contribution >= 4 is 11.8 Å². The van der Waals surface area contributed by atoms with Crippen molar-refractivity contribution in [3.8, 4) is 12.3 Å². The van der Waals surface area contributed by atoms with Crippen molar-refractivity contribution in [2.24, 2.45) is 5.92 Å². The summed E-state index contributed by atoms with van der Waals surface area (Å²) < 4.78 is 56.8. The van der Waals surface area contributed by atoms with E-state index in [1.807, 2.05) is 0 Å². The number of ether oxygens (including phenoxy) is 3. The highest BCUT2D eigenvalue weighted by atomic mass is 32.2. The second-order valence-electron chi connectivity index (χ2n) is 7.56. The molecular weight excluding hydrogens is 437 g/mol. The summed E-state index contributed by atoms with van der Waals surface area (Å²) in [5.74, 6) is 4.36. The topological polar surface area (TPSA) is 82.6 Å². The minimum atomic E-state index is -4.91. The molecule has 3 atom stereocenters. The molecule has 11 heteroatoms. The first-order valence-electron chi connectivity index (χ1n) is 9.92. The Kier molecular flexibility index (Phi) is 9.68. The van der Waals surface area contributed by atoms with E-state index in [1.165, 1.54) is 0 Å². The number of nitrogens with one attached hydrogen (secondary N) is 1. The fourth-order valence-electron chi connectivity index (χ4n) is 3.13. The van der Waals surface area contributed by atoms with Crippen molar-refractivity contribution in [1.29, 1.82) is 0 Å². The quantitative estimate of drug-likeness (QED) is 0.308. The average Bonchev–Trinajstić information content (AvgIpc) is 3.07. The summed E-state index contributed by atoms with van der Waals surface area (Å²) in [5.41, 5.74) is -3.98. The van der Waals surface area contributed by atoms with Gasteiger partial charge in [0.2, 0.25) is 0 Å². The van der Waals surface area contributed by atoms with Crippen LogP contribution in [0.3, 0.4) is 0 Å². The lowest BCUT2D eigenvalue weighted by Gasteiger charge is -2.18. The predicted molar refractivity (Wildman–Crippen MR) is 111 cm³/mol. The molecule has 0 radical (unpaired) electrons. The van der Waals surface area contributed by atoms with Gasteiger partial charge in [-0.1, -0.05) is 26.2 Å². The van der Waals surface area contributed by atoms with Crippen LogP contribution in [-0.4, -0.2) is 46.7 Å². The molecule has 31 heavy (non-hydrogen) atoms. The maximum Gasteiger partial charge on any atom is 0.423 e. The van der Waals surface area contributed by atoms with Crippen LogP contribution >= 0.6 is 11.8 Å². The number of hydrogen-bond acceptors (Lipinski definition) is 6. The average molecular weight is 465 g/mol. The second-order valence-corrected chi connectivity index (χ2v) is 8.61. The minimum absolute atomic E-state index is 0.0183. The van der Waals surface area contributed by atoms with Crippen molar-refractivity contribution in [2.45, 2.75) is 57.7 Å². The van der Waals surface area contributed by atoms with Gasteiger partial charge in [-0.3, -0.25) is 14.3 Å². The lowest BCUT2D eigenvalue weighted by Crippen LogP contribution is -2.36. The molecule has 1 fully saturated rings. The van der Waals surface area contributed by atoms with E-state index in [0.717, 1.165) is 23.2 Å². The molecule has 1 aromatic heterocycles. The van der Waals surface area contributed by atoms with Crippen molar-refractivity contribution in [2.75, 3.05) is 24.9 Å². The summed E-state index contributed by atoms with van der Waals surface area (Å²) in [7, 11) is 0. The summed E-state index contributed by atoms with van der Waals surface area (Å²) in [6.45, 7) is 4.44. The molecule has 0 unspecified atom stereocenters. The van der Waals surface area contributed by atoms with Gasteiger partial charge >= 0.3 is 11.9 Å². The van der Waals surface area contributed by atoms with Crippen LogP contribution in [0.4, 0.5) is 13.2 Å². The normalized spacial score (nSPS) is 21.5. The van der Waals surface area contributed by atoms with E-state index in [0.29, 0.717) is 18.1 Å². The molecule has 1 aliphatic rings. The number of aromatic amines is 1. The molecule has 0 aliphatic carbocycles. The van der Waals surface area contributed by atoms with Gasteiger partial charge in [-0.25, -0.2) is 4.79 Å². The van der Waals surface area contributed by atoms with Crippen LogP contribution in [-0.2, 0) is 20.4 Å². The Morgan fingerprint density at radius 2 is 2.16 bits per heavy atom. The van der Waals surface area contributed by atoms with E-state index in [4.69, 9.17) is 20.6 Å². The number of thioether (sulfide) groups is 1. The molecule has 1 saturated heterocycles. The zero-order chi connectivity index (χ0) is 23.0. The number of H-pyrrole nitrogens is 1. The molecular formula is C20H27F3N2O5S. The molecule has 0 aromatic carbocycles. The van der Waals surface area contributed by atoms with Gasteiger partial charge in [0.25, 0.3) is 5.56 Å². The zero-order valence-electron chi connectivity index (χ0n) is 17.4. The standard InChI is InChI=1S/C20H27F3N2O5S/c1-4-7-29-15-9-17(25-10-14(20(21,22)23)18(26)24-19(25)27)30-16(15)11-28-12-31-8-5-6-13(2)3/h1,10,13,15-17H,5-9,11-12H2,2-3H3,(H,24,26,27)/t15-,16+,17+/m0/s1. The molecule has 0 bridgehead atoms. The van der Waals surface area contributed by atoms with Crippen LogP contribution in [0.25, 0.3) is 0 Å². The molecule has 0 spiro atoms. The number of nitrogens with zero attached hydrogens (tertiary/aromatic N) is 1. The largest absolute Gasteiger partial charge is 0.423 e. The fourth-order valence-corrected chi connectivity index (χ4v) is 3.83. The maximum atomic E-state index is 13.1. The van der Waals surface area contributed by atoms with Crippen LogP contribution in [0.15, 0.2) is 15.8 Å². The number of halogens is 3. The van der Waals surface area contributed by atoms with E-state index >= 15 is 0 Å². The number of rotatable bonds is 11. The van der Waals surface area contributed by atoms with E-state index in [1.54, 1.807) is 16.7 Å². The lowest BCUT2D eigenvalue weighted by molar-refractivity contribution is -0.139. The first-order valence-corrected chi connectivity index (χ1v) is 11.1. The highest BCUT2D eigenvalue weighted by molar-refractivity contribution is 7.99. The summed E-state index contributed by atoms with van der Waals surface area (Å²) in [4.78, 5) is 25.3. The highest BCUT2D eigenvalue weighted by Gasteiger charge is 2.40. The fraction of sp³-hybridized carbons (Fsp3) is 0.700. The van der Waals surface area contributed by atoms with Gasteiger partial charge in [-0.2, -0.15) is 13.2 Å². The molecule has 174 valence electrons. The van der Waals surface area contributed by atoms with Gasteiger partial charge in [-0.15, -0.1) is 18.2 Å². The van der Waals surface area contributed by atoms with Gasteiger partial charge in [0.1, 0.15) is 24.5 Å². The summed E-state index contributed by atoms with van der Waals surface area (Å²) >= 11 is 1.63. The van der Waals surface area contributed by atoms with Gasteiger partial charge in [-0.05, 0) is 18.1 Å². The first kappa shape index (κ1) is 25.5. The summed E-state index contributed by atoms with van der Waals surface area (Å²) in [6.07, 6.45) is 0.843. The monoisotopic (exact) mass is 464 g/mol. The first-order chi connectivity index (χ1) is 14.6. The summed E-state index contributed by atoms with van der Waals surface area (Å²) in [5, 5.41) is 0. The minimum Gasteiger partial charge on any atom is -0.368 e. The van der Waals surface area contributed by atoms with Crippen LogP contribution in [0.5, 0.6) is 0 Å². The van der Waals surface area contributed by atoms with Crippen LogP contribution in [0, 0.1) is 18.3 Å². The Labute approximate surface area is 182 Å². The lowest BCUT2D eigenvalue weighted by atomic mass is 10.1. The van der Waals surface area contributed by atoms with Gasteiger partial charge in [0, 0.05) is 12.6 Å². The van der Waals surface area contributed by atoms with Crippen LogP contribution in [0.1, 0.15) is 44.9 Å². The van der Waals surface area contributed by atoms with E-state index in [9.17, 15) is 22.8 Å². The maximum absolute atomic E-state index is 13.1. The van der Waals surface area contributed by atoms with Crippen molar-refractivity contribution in [3.05, 3.63) is 32.6 Å². The molecule has 0 saturated carbocycles. The Bertz CT molecular complexity index is 862. The third kappa shape index (κ3) is 7.71. The van der Waals surface area contributed by atoms with Gasteiger partial charge < -0.3 is 14.2 Å². The molecule has 2 heterocycles. The number of alkyl halides is 3. The molecule has 1 aliphatic heterocycles. The molecule has 7 nitrogen and oxygen atoms in total. The van der Waals surface area contributed by atoms with Crippen LogP contribution in [0.2, 0.25) is 0 Å². The zero-order valence-corrected chi connectivity index (χ0v) is 18.3. The van der Waals surface area contributed by atoms with E-state index in [-0.39, 0.29) is 19.6 Å². The molecule has 1 N–H and O–H groups in total. The van der Waals surface area contributed by atoms with Gasteiger partial charge in [0.15, 0.2) is 0 Å². The Morgan fingerprint density at radius 3 is 2.81 bits per heavy atom. The third-order valence-electron chi connectivity index (χ3n) is 4.66. The Morgan fingerprint density at radius 1 is 1.42 bits per heavy atom. The van der Waals surface area contributed by atoms with Crippen molar-refractivity contribution in [3.63, 3.8) is 0 Å². The van der Waals surface area contributed by atoms with E-state index in [2.05, 4.69) is 19.8 Å². The number of aromatic nitrogens is 2. The Hall–Kier alpha value is -1.74. The molecule has 2 rings (SSSR count). The number of terminal acetylenes is 1. The highest BCUT2D eigenvalue weighted by Crippen LogP contribution is 2.32. The van der Waals surface area contributed by atoms with Gasteiger partial charge in [0.05, 0.1) is 18.6 Å². The van der Waals surface area contributed by atoms with E-state index < -0.39 is 41.4 Å². The molecule has 1 aromatic rings. The third-order valence-corrected chi connectivity index (χ3v) is 5.57.